The summed E-state index contributed by atoms with van der Waals surface area (Å²) < 4.78 is 0. The van der Waals surface area contributed by atoms with Crippen LogP contribution in [0.5, 0.6) is 0 Å². The Morgan fingerprint density at radius 1 is 0.578 bits per heavy atom. The number of rotatable bonds is 20. The average molecular weight is 639 g/mol. The Morgan fingerprint density at radius 2 is 0.889 bits per heavy atom. The molecule has 16 nitrogen and oxygen atoms in total. The van der Waals surface area contributed by atoms with E-state index in [0.29, 0.717) is 65.4 Å². The van der Waals surface area contributed by atoms with Crippen molar-refractivity contribution in [1.82, 2.24) is 62.5 Å². The number of hydrogen-bond donors (Lipinski definition) is 9. The maximum absolute atomic E-state index is 12.0. The topological polar surface area (TPSA) is 200 Å². The largest absolute Gasteiger partial charge is 0.337 e. The molecule has 1 aromatic heterocycles. The predicted molar refractivity (Wildman–Crippen MR) is 176 cm³/mol. The predicted octanol–water partition coefficient (Wildman–Crippen LogP) is 0.844. The highest BCUT2D eigenvalue weighted by Gasteiger charge is 2.14. The smallest absolute Gasteiger partial charge is 0.315 e. The molecule has 0 saturated heterocycles. The van der Waals surface area contributed by atoms with Gasteiger partial charge in [0, 0.05) is 95.3 Å². The maximum Gasteiger partial charge on any atom is 0.315 e. The standard InChI is InChI=1S/C29H58N12O4/c1-20(2)34-26(42)30-9-13-40(14-10-31-27(43)35-21(3)4)18-24-17-25(39-38-24)19-41(15-11-32-28(44)36-22(5)6)16-12-33-29(45)37-23(7)8/h17,20-23H,9-16,18-19H2,1-8H3,(H,38,39)(H2,30,34,42)(H2,31,35,43)(H2,32,36,44)(H2,33,37,45). The van der Waals surface area contributed by atoms with Gasteiger partial charge in [-0.25, -0.2) is 19.2 Å². The van der Waals surface area contributed by atoms with E-state index in [1.807, 2.05) is 61.5 Å². The van der Waals surface area contributed by atoms with Crippen LogP contribution < -0.4 is 42.5 Å². The molecule has 0 bridgehead atoms. The number of carbonyl (C=O) groups is 4. The van der Waals surface area contributed by atoms with E-state index < -0.39 is 0 Å². The van der Waals surface area contributed by atoms with E-state index in [4.69, 9.17) is 0 Å². The third kappa shape index (κ3) is 20.7. The molecular weight excluding hydrogens is 580 g/mol. The molecule has 0 aliphatic rings. The Balaban J connectivity index is 2.82. The second kappa shape index (κ2) is 21.8. The molecule has 8 amide bonds. The van der Waals surface area contributed by atoms with Crippen molar-refractivity contribution in [2.75, 3.05) is 52.4 Å². The van der Waals surface area contributed by atoms with Gasteiger partial charge in [0.15, 0.2) is 0 Å². The number of urea groups is 4. The fourth-order valence-corrected chi connectivity index (χ4v) is 4.14. The minimum absolute atomic E-state index is 0.0350. The van der Waals surface area contributed by atoms with E-state index >= 15 is 0 Å². The Kier molecular flexibility index (Phi) is 19.0. The first-order chi connectivity index (χ1) is 21.2. The van der Waals surface area contributed by atoms with Gasteiger partial charge in [0.25, 0.3) is 0 Å². The third-order valence-corrected chi connectivity index (χ3v) is 6.00. The van der Waals surface area contributed by atoms with E-state index in [2.05, 4.69) is 62.5 Å². The first kappa shape index (κ1) is 39.2. The Labute approximate surface area is 268 Å². The van der Waals surface area contributed by atoms with Gasteiger partial charge in [0.05, 0.1) is 5.69 Å². The van der Waals surface area contributed by atoms with Crippen molar-refractivity contribution in [3.63, 3.8) is 0 Å². The number of carbonyl (C=O) groups excluding carboxylic acids is 4. The number of amides is 8. The lowest BCUT2D eigenvalue weighted by Crippen LogP contribution is -2.45. The van der Waals surface area contributed by atoms with Gasteiger partial charge in [0.2, 0.25) is 0 Å². The number of hydrogen-bond acceptors (Lipinski definition) is 7. The summed E-state index contributed by atoms with van der Waals surface area (Å²) in [5.41, 5.74) is 1.69. The number of aromatic nitrogens is 2. The van der Waals surface area contributed by atoms with Crippen LogP contribution in [0.4, 0.5) is 19.2 Å². The number of H-pyrrole nitrogens is 1. The molecule has 45 heavy (non-hydrogen) atoms. The number of aromatic amines is 1. The number of nitrogens with one attached hydrogen (secondary N) is 9. The van der Waals surface area contributed by atoms with E-state index in [9.17, 15) is 19.2 Å². The molecule has 9 N–H and O–H groups in total. The summed E-state index contributed by atoms with van der Waals surface area (Å²) in [5.74, 6) is 0. The first-order valence-electron chi connectivity index (χ1n) is 15.9. The van der Waals surface area contributed by atoms with Crippen molar-refractivity contribution in [1.29, 1.82) is 0 Å². The van der Waals surface area contributed by atoms with Crippen LogP contribution in [0.2, 0.25) is 0 Å². The SMILES string of the molecule is CC(C)NC(=O)NCCN(CCNC(=O)NC(C)C)Cc1cc(CN(CCNC(=O)NC(C)C)CCNC(=O)NC(C)C)[nH]n1. The van der Waals surface area contributed by atoms with Crippen LogP contribution in [0.15, 0.2) is 6.07 Å². The Hall–Kier alpha value is -3.79. The highest BCUT2D eigenvalue weighted by atomic mass is 16.2. The van der Waals surface area contributed by atoms with Gasteiger partial charge in [-0.3, -0.25) is 14.9 Å². The normalized spacial score (nSPS) is 11.3. The van der Waals surface area contributed by atoms with Crippen molar-refractivity contribution in [3.05, 3.63) is 17.5 Å². The summed E-state index contributed by atoms with van der Waals surface area (Å²) in [7, 11) is 0. The van der Waals surface area contributed by atoms with Crippen molar-refractivity contribution < 1.29 is 19.2 Å². The summed E-state index contributed by atoms with van der Waals surface area (Å²) in [6, 6.07) is 1.22. The summed E-state index contributed by atoms with van der Waals surface area (Å²) in [6.45, 7) is 20.2. The molecule has 0 spiro atoms. The van der Waals surface area contributed by atoms with Crippen LogP contribution in [-0.2, 0) is 13.1 Å². The van der Waals surface area contributed by atoms with Crippen LogP contribution in [0.3, 0.4) is 0 Å². The zero-order valence-electron chi connectivity index (χ0n) is 28.4. The van der Waals surface area contributed by atoms with Crippen LogP contribution in [-0.4, -0.2) is 121 Å². The van der Waals surface area contributed by atoms with E-state index in [1.54, 1.807) is 0 Å². The van der Waals surface area contributed by atoms with Gasteiger partial charge in [-0.15, -0.1) is 0 Å². The minimum Gasteiger partial charge on any atom is -0.337 e. The molecule has 0 saturated carbocycles. The fourth-order valence-electron chi connectivity index (χ4n) is 4.14. The monoisotopic (exact) mass is 638 g/mol. The summed E-state index contributed by atoms with van der Waals surface area (Å²) in [6.07, 6.45) is 0. The van der Waals surface area contributed by atoms with Crippen molar-refractivity contribution in [3.8, 4) is 0 Å². The molecule has 0 aromatic carbocycles. The summed E-state index contributed by atoms with van der Waals surface area (Å²) >= 11 is 0. The molecule has 1 rings (SSSR count). The van der Waals surface area contributed by atoms with Crippen LogP contribution in [0.25, 0.3) is 0 Å². The molecule has 0 fully saturated rings. The molecule has 0 aliphatic carbocycles. The third-order valence-electron chi connectivity index (χ3n) is 6.00. The summed E-state index contributed by atoms with van der Waals surface area (Å²) in [5, 5.41) is 30.3. The lowest BCUT2D eigenvalue weighted by atomic mass is 10.3. The molecule has 0 aliphatic heterocycles. The van der Waals surface area contributed by atoms with Crippen LogP contribution in [0, 0.1) is 0 Å². The molecule has 16 heteroatoms. The molecular formula is C29H58N12O4. The van der Waals surface area contributed by atoms with Gasteiger partial charge >= 0.3 is 24.1 Å². The molecule has 258 valence electrons. The fraction of sp³-hybridized carbons (Fsp3) is 0.759. The van der Waals surface area contributed by atoms with E-state index in [0.717, 1.165) is 11.4 Å². The van der Waals surface area contributed by atoms with E-state index in [1.165, 1.54) is 0 Å². The second-order valence-corrected chi connectivity index (χ2v) is 12.2. The number of nitrogens with zero attached hydrogens (tertiary/aromatic N) is 3. The lowest BCUT2D eigenvalue weighted by Gasteiger charge is -2.23. The second-order valence-electron chi connectivity index (χ2n) is 12.2. The molecule has 1 heterocycles. The summed E-state index contributed by atoms with van der Waals surface area (Å²) in [4.78, 5) is 52.4. The minimum atomic E-state index is -0.228. The average Bonchev–Trinajstić information content (AvgIpc) is 3.33. The maximum atomic E-state index is 12.0. The molecule has 1 aromatic rings. The highest BCUT2D eigenvalue weighted by molar-refractivity contribution is 5.75. The van der Waals surface area contributed by atoms with Gasteiger partial charge in [-0.1, -0.05) is 0 Å². The molecule has 0 atom stereocenters. The first-order valence-corrected chi connectivity index (χ1v) is 15.9. The van der Waals surface area contributed by atoms with Crippen molar-refractivity contribution >= 4 is 24.1 Å². The Bertz CT molecular complexity index is 883. The van der Waals surface area contributed by atoms with E-state index in [-0.39, 0.29) is 48.3 Å². The van der Waals surface area contributed by atoms with Gasteiger partial charge in [-0.2, -0.15) is 5.10 Å². The van der Waals surface area contributed by atoms with Crippen LogP contribution in [0.1, 0.15) is 66.8 Å². The quantitative estimate of drug-likeness (QED) is 0.101. The van der Waals surface area contributed by atoms with Gasteiger partial charge < -0.3 is 42.5 Å². The van der Waals surface area contributed by atoms with Gasteiger partial charge in [0.1, 0.15) is 0 Å². The lowest BCUT2D eigenvalue weighted by molar-refractivity contribution is 0.225. The Morgan fingerprint density at radius 3 is 1.20 bits per heavy atom. The van der Waals surface area contributed by atoms with Crippen molar-refractivity contribution in [2.24, 2.45) is 0 Å². The zero-order chi connectivity index (χ0) is 33.8. The van der Waals surface area contributed by atoms with Crippen molar-refractivity contribution in [2.45, 2.75) is 92.6 Å². The molecule has 0 unspecified atom stereocenters. The molecule has 0 radical (unpaired) electrons. The zero-order valence-corrected chi connectivity index (χ0v) is 28.4. The highest BCUT2D eigenvalue weighted by Crippen LogP contribution is 2.07. The van der Waals surface area contributed by atoms with Gasteiger partial charge in [-0.05, 0) is 61.5 Å². The van der Waals surface area contributed by atoms with Crippen LogP contribution >= 0.6 is 0 Å².